The molecule has 6 nitrogen and oxygen atoms in total. The molecule has 0 aromatic rings. The number of aliphatic hydroxyl groups is 2. The smallest absolute Gasteiger partial charge is 0.305 e. The summed E-state index contributed by atoms with van der Waals surface area (Å²) in [7, 11) is 0. The van der Waals surface area contributed by atoms with E-state index in [0.29, 0.717) is 19.4 Å². The van der Waals surface area contributed by atoms with E-state index in [0.717, 1.165) is 64.2 Å². The van der Waals surface area contributed by atoms with E-state index in [2.05, 4.69) is 55.6 Å². The zero-order chi connectivity index (χ0) is 45.1. The van der Waals surface area contributed by atoms with Crippen molar-refractivity contribution in [3.8, 4) is 0 Å². The highest BCUT2D eigenvalue weighted by molar-refractivity contribution is 5.76. The Morgan fingerprint density at radius 1 is 0.452 bits per heavy atom. The lowest BCUT2D eigenvalue weighted by Gasteiger charge is -2.20. The molecule has 6 heteroatoms. The van der Waals surface area contributed by atoms with Crippen molar-refractivity contribution in [2.75, 3.05) is 13.2 Å². The average molecular weight is 870 g/mol. The number of allylic oxidation sites excluding steroid dienone is 7. The van der Waals surface area contributed by atoms with E-state index < -0.39 is 12.1 Å². The van der Waals surface area contributed by atoms with Crippen LogP contribution in [0.4, 0.5) is 0 Å². The highest BCUT2D eigenvalue weighted by Gasteiger charge is 2.18. The molecule has 0 rings (SSSR count). The maximum Gasteiger partial charge on any atom is 0.305 e. The average Bonchev–Trinajstić information content (AvgIpc) is 3.27. The number of rotatable bonds is 49. The van der Waals surface area contributed by atoms with Gasteiger partial charge in [0.05, 0.1) is 25.4 Å². The first-order valence-electron chi connectivity index (χ1n) is 26.9. The Morgan fingerprint density at radius 2 is 0.806 bits per heavy atom. The molecule has 0 aromatic heterocycles. The summed E-state index contributed by atoms with van der Waals surface area (Å²) in [6, 6.07) is -0.637. The van der Waals surface area contributed by atoms with Gasteiger partial charge in [0.25, 0.3) is 0 Å². The molecule has 0 heterocycles. The first-order valence-corrected chi connectivity index (χ1v) is 26.9. The highest BCUT2D eigenvalue weighted by atomic mass is 16.5. The minimum Gasteiger partial charge on any atom is -0.466 e. The number of hydrogen-bond donors (Lipinski definition) is 3. The lowest BCUT2D eigenvalue weighted by atomic mass is 10.1. The molecule has 362 valence electrons. The van der Waals surface area contributed by atoms with Gasteiger partial charge < -0.3 is 20.3 Å². The first kappa shape index (κ1) is 59.8. The normalized spacial score (nSPS) is 13.0. The molecule has 62 heavy (non-hydrogen) atoms. The van der Waals surface area contributed by atoms with Crippen LogP contribution in [-0.4, -0.2) is 47.4 Å². The van der Waals surface area contributed by atoms with Crippen LogP contribution in [0.3, 0.4) is 0 Å². The van der Waals surface area contributed by atoms with Crippen molar-refractivity contribution in [3.63, 3.8) is 0 Å². The van der Waals surface area contributed by atoms with E-state index in [9.17, 15) is 19.8 Å². The number of nitrogens with one attached hydrogen (secondary N) is 1. The van der Waals surface area contributed by atoms with Crippen LogP contribution < -0.4 is 5.32 Å². The van der Waals surface area contributed by atoms with Gasteiger partial charge in [-0.15, -0.1) is 0 Å². The fraction of sp³-hybridized carbons (Fsp3) is 0.821. The Morgan fingerprint density at radius 3 is 1.26 bits per heavy atom. The molecule has 0 saturated heterocycles. The van der Waals surface area contributed by atoms with E-state index in [-0.39, 0.29) is 18.5 Å². The predicted molar refractivity (Wildman–Crippen MR) is 269 cm³/mol. The molecule has 0 saturated carbocycles. The van der Waals surface area contributed by atoms with Crippen LogP contribution in [0.2, 0.25) is 0 Å². The third kappa shape index (κ3) is 47.3. The lowest BCUT2D eigenvalue weighted by Crippen LogP contribution is -2.45. The highest BCUT2D eigenvalue weighted by Crippen LogP contribution is 2.14. The number of carbonyl (C=O) groups excluding carboxylic acids is 2. The monoisotopic (exact) mass is 870 g/mol. The molecule has 2 atom stereocenters. The van der Waals surface area contributed by atoms with Gasteiger partial charge in [0.15, 0.2) is 0 Å². The summed E-state index contributed by atoms with van der Waals surface area (Å²) in [5, 5.41) is 23.0. The molecular formula is C56H103NO5. The Kier molecular flexibility index (Phi) is 49.6. The minimum atomic E-state index is -0.852. The minimum absolute atomic E-state index is 0.0171. The summed E-state index contributed by atoms with van der Waals surface area (Å²) in [6.45, 7) is 4.84. The maximum atomic E-state index is 12.4. The molecule has 0 radical (unpaired) electrons. The lowest BCUT2D eigenvalue weighted by molar-refractivity contribution is -0.143. The Bertz CT molecular complexity index is 1050. The zero-order valence-electron chi connectivity index (χ0n) is 41.1. The van der Waals surface area contributed by atoms with Crippen molar-refractivity contribution >= 4 is 11.9 Å². The first-order chi connectivity index (χ1) is 30.5. The van der Waals surface area contributed by atoms with Crippen molar-refractivity contribution in [2.45, 2.75) is 283 Å². The number of carbonyl (C=O) groups is 2. The molecule has 0 aliphatic heterocycles. The zero-order valence-corrected chi connectivity index (χ0v) is 41.1. The van der Waals surface area contributed by atoms with E-state index in [4.69, 9.17) is 4.74 Å². The van der Waals surface area contributed by atoms with Crippen LogP contribution in [0.25, 0.3) is 0 Å². The number of aliphatic hydroxyl groups excluding tert-OH is 2. The summed E-state index contributed by atoms with van der Waals surface area (Å²) in [4.78, 5) is 24.4. The van der Waals surface area contributed by atoms with Crippen LogP contribution in [0.15, 0.2) is 48.6 Å². The second-order valence-electron chi connectivity index (χ2n) is 18.2. The quantitative estimate of drug-likeness (QED) is 0.0322. The largest absolute Gasteiger partial charge is 0.466 e. The van der Waals surface area contributed by atoms with Crippen molar-refractivity contribution in [1.29, 1.82) is 0 Å². The second-order valence-corrected chi connectivity index (χ2v) is 18.2. The Balaban J connectivity index is 3.49. The van der Waals surface area contributed by atoms with Gasteiger partial charge in [0.1, 0.15) is 0 Å². The SMILES string of the molecule is CCCCCC/C=C\C/C=C\CCCCCCCC(=O)OCCCCCCCC/C=C\CCCCCCCCCC(=O)NC(CO)C(O)/C=C/CCCCCCCCCCCC. The number of amides is 1. The number of ether oxygens (including phenoxy) is 1. The van der Waals surface area contributed by atoms with Gasteiger partial charge >= 0.3 is 5.97 Å². The fourth-order valence-corrected chi connectivity index (χ4v) is 7.89. The third-order valence-corrected chi connectivity index (χ3v) is 12.1. The van der Waals surface area contributed by atoms with E-state index in [1.165, 1.54) is 180 Å². The Hall–Kier alpha value is -2.18. The Labute approximate surface area is 385 Å². The van der Waals surface area contributed by atoms with Crippen molar-refractivity contribution in [3.05, 3.63) is 48.6 Å². The molecule has 0 aromatic carbocycles. The van der Waals surface area contributed by atoms with Crippen LogP contribution >= 0.6 is 0 Å². The summed E-state index contributed by atoms with van der Waals surface area (Å²) in [6.07, 6.45) is 64.0. The van der Waals surface area contributed by atoms with Crippen LogP contribution in [0.5, 0.6) is 0 Å². The second kappa shape index (κ2) is 51.5. The summed E-state index contributed by atoms with van der Waals surface area (Å²) in [5.41, 5.74) is 0. The van der Waals surface area contributed by atoms with Crippen molar-refractivity contribution < 1.29 is 24.5 Å². The molecule has 0 spiro atoms. The number of unbranched alkanes of at least 4 members (excludes halogenated alkanes) is 32. The van der Waals surface area contributed by atoms with E-state index in [1.54, 1.807) is 6.08 Å². The standard InChI is InChI=1S/C56H103NO5/c1-3-5-7-9-11-13-15-17-18-23-26-30-34-38-42-46-50-56(61)62-51-47-43-39-35-31-27-24-21-19-20-22-25-29-33-37-41-45-49-55(60)57-53(52-58)54(59)48-44-40-36-32-28-16-14-12-10-8-6-4-2/h13,15,18-19,21,23,44,48,53-54,58-59H,3-12,14,16-17,20,22,24-43,45-47,49-52H2,1-2H3,(H,57,60)/b15-13-,21-19-,23-18-,48-44+. The molecule has 0 bridgehead atoms. The maximum absolute atomic E-state index is 12.4. The number of esters is 1. The van der Waals surface area contributed by atoms with E-state index in [1.807, 2.05) is 6.08 Å². The summed E-state index contributed by atoms with van der Waals surface area (Å²) in [5.74, 6) is -0.0995. The van der Waals surface area contributed by atoms with Gasteiger partial charge in [0, 0.05) is 12.8 Å². The van der Waals surface area contributed by atoms with Gasteiger partial charge in [-0.2, -0.15) is 0 Å². The fourth-order valence-electron chi connectivity index (χ4n) is 7.89. The molecular weight excluding hydrogens is 767 g/mol. The topological polar surface area (TPSA) is 95.9 Å². The van der Waals surface area contributed by atoms with Crippen molar-refractivity contribution in [2.24, 2.45) is 0 Å². The van der Waals surface area contributed by atoms with Gasteiger partial charge in [-0.05, 0) is 89.9 Å². The molecule has 2 unspecified atom stereocenters. The third-order valence-electron chi connectivity index (χ3n) is 12.1. The van der Waals surface area contributed by atoms with E-state index >= 15 is 0 Å². The molecule has 3 N–H and O–H groups in total. The molecule has 1 amide bonds. The molecule has 0 fully saturated rings. The summed E-state index contributed by atoms with van der Waals surface area (Å²) < 4.78 is 5.46. The summed E-state index contributed by atoms with van der Waals surface area (Å²) >= 11 is 0. The predicted octanol–water partition coefficient (Wildman–Crippen LogP) is 16.2. The molecule has 0 aliphatic rings. The molecule has 0 aliphatic carbocycles. The number of hydrogen-bond acceptors (Lipinski definition) is 5. The van der Waals surface area contributed by atoms with Crippen molar-refractivity contribution in [1.82, 2.24) is 5.32 Å². The van der Waals surface area contributed by atoms with Gasteiger partial charge in [-0.1, -0.05) is 217 Å². The van der Waals surface area contributed by atoms with Gasteiger partial charge in [-0.25, -0.2) is 0 Å². The van der Waals surface area contributed by atoms with Gasteiger partial charge in [0.2, 0.25) is 5.91 Å². The van der Waals surface area contributed by atoms with Crippen LogP contribution in [0.1, 0.15) is 271 Å². The van der Waals surface area contributed by atoms with Crippen LogP contribution in [-0.2, 0) is 14.3 Å². The van der Waals surface area contributed by atoms with Crippen LogP contribution in [0, 0.1) is 0 Å². The van der Waals surface area contributed by atoms with Gasteiger partial charge in [-0.3, -0.25) is 9.59 Å².